The number of carbonyl (C=O) groups is 1. The van der Waals surface area contributed by atoms with Crippen molar-refractivity contribution in [2.75, 3.05) is 33.3 Å². The minimum atomic E-state index is -0.199. The van der Waals surface area contributed by atoms with E-state index in [1.807, 2.05) is 14.0 Å². The second kappa shape index (κ2) is 6.97. The second-order valence-electron chi connectivity index (χ2n) is 5.10. The van der Waals surface area contributed by atoms with Crippen LogP contribution in [0, 0.1) is 11.8 Å². The van der Waals surface area contributed by atoms with Crippen molar-refractivity contribution in [3.63, 3.8) is 0 Å². The molecular weight excluding hydrogens is 216 g/mol. The van der Waals surface area contributed by atoms with Gasteiger partial charge in [-0.2, -0.15) is 0 Å². The molecule has 3 atom stereocenters. The SMILES string of the molecule is CCOC(=O)C(CN1CCC(C)C(C)C1)NC. The maximum absolute atomic E-state index is 11.7. The number of hydrogen-bond donors (Lipinski definition) is 1. The van der Waals surface area contributed by atoms with E-state index in [2.05, 4.69) is 24.1 Å². The van der Waals surface area contributed by atoms with Crippen LogP contribution >= 0.6 is 0 Å². The van der Waals surface area contributed by atoms with Gasteiger partial charge in [-0.1, -0.05) is 13.8 Å². The van der Waals surface area contributed by atoms with Crippen LogP contribution in [0.5, 0.6) is 0 Å². The summed E-state index contributed by atoms with van der Waals surface area (Å²) in [6, 6.07) is -0.199. The predicted molar refractivity (Wildman–Crippen MR) is 68.9 cm³/mol. The van der Waals surface area contributed by atoms with Gasteiger partial charge in [0.2, 0.25) is 0 Å². The molecule has 0 radical (unpaired) electrons. The number of carbonyl (C=O) groups excluding carboxylic acids is 1. The van der Waals surface area contributed by atoms with Crippen molar-refractivity contribution in [2.24, 2.45) is 11.8 Å². The Morgan fingerprint density at radius 2 is 2.18 bits per heavy atom. The van der Waals surface area contributed by atoms with Crippen LogP contribution in [0.3, 0.4) is 0 Å². The number of likely N-dealkylation sites (N-methyl/N-ethyl adjacent to an activating group) is 1. The molecule has 1 aliphatic rings. The quantitative estimate of drug-likeness (QED) is 0.734. The molecule has 0 bridgehead atoms. The Morgan fingerprint density at radius 3 is 2.71 bits per heavy atom. The molecule has 0 aliphatic carbocycles. The minimum absolute atomic E-state index is 0.138. The van der Waals surface area contributed by atoms with Crippen molar-refractivity contribution in [2.45, 2.75) is 33.2 Å². The van der Waals surface area contributed by atoms with Crippen LogP contribution in [0.2, 0.25) is 0 Å². The molecule has 1 saturated heterocycles. The average Bonchev–Trinajstić information content (AvgIpc) is 2.30. The Balaban J connectivity index is 2.43. The summed E-state index contributed by atoms with van der Waals surface area (Å²) in [5.41, 5.74) is 0. The standard InChI is InChI=1S/C13H26N2O2/c1-5-17-13(16)12(14-4)9-15-7-6-10(2)11(3)8-15/h10-12,14H,5-9H2,1-4H3. The van der Waals surface area contributed by atoms with E-state index in [4.69, 9.17) is 4.74 Å². The van der Waals surface area contributed by atoms with E-state index < -0.39 is 0 Å². The summed E-state index contributed by atoms with van der Waals surface area (Å²) >= 11 is 0. The lowest BCUT2D eigenvalue weighted by Crippen LogP contribution is -2.49. The van der Waals surface area contributed by atoms with E-state index in [1.54, 1.807) is 0 Å². The van der Waals surface area contributed by atoms with Crippen molar-refractivity contribution in [3.05, 3.63) is 0 Å². The van der Waals surface area contributed by atoms with Gasteiger partial charge in [0.05, 0.1) is 6.61 Å². The summed E-state index contributed by atoms with van der Waals surface area (Å²) in [6.07, 6.45) is 1.22. The normalized spacial score (nSPS) is 27.8. The number of likely N-dealkylation sites (tertiary alicyclic amines) is 1. The summed E-state index contributed by atoms with van der Waals surface area (Å²) in [7, 11) is 1.82. The van der Waals surface area contributed by atoms with E-state index in [-0.39, 0.29) is 12.0 Å². The number of nitrogens with one attached hydrogen (secondary N) is 1. The molecule has 1 fully saturated rings. The molecule has 1 rings (SSSR count). The van der Waals surface area contributed by atoms with Crippen LogP contribution in [-0.2, 0) is 9.53 Å². The number of rotatable bonds is 5. The van der Waals surface area contributed by atoms with Crippen molar-refractivity contribution >= 4 is 5.97 Å². The molecule has 4 nitrogen and oxygen atoms in total. The molecular formula is C13H26N2O2. The van der Waals surface area contributed by atoms with Gasteiger partial charge < -0.3 is 15.0 Å². The Kier molecular flexibility index (Phi) is 5.92. The number of esters is 1. The zero-order valence-electron chi connectivity index (χ0n) is 11.5. The molecule has 0 aromatic carbocycles. The van der Waals surface area contributed by atoms with Gasteiger partial charge in [0, 0.05) is 13.1 Å². The van der Waals surface area contributed by atoms with Crippen molar-refractivity contribution in [3.8, 4) is 0 Å². The van der Waals surface area contributed by atoms with Gasteiger partial charge in [-0.05, 0) is 38.8 Å². The summed E-state index contributed by atoms with van der Waals surface area (Å²) in [5.74, 6) is 1.37. The van der Waals surface area contributed by atoms with Crippen LogP contribution in [-0.4, -0.2) is 50.2 Å². The number of piperidine rings is 1. The lowest BCUT2D eigenvalue weighted by Gasteiger charge is -2.36. The highest BCUT2D eigenvalue weighted by molar-refractivity contribution is 5.76. The van der Waals surface area contributed by atoms with Gasteiger partial charge in [0.1, 0.15) is 6.04 Å². The van der Waals surface area contributed by atoms with Gasteiger partial charge >= 0.3 is 5.97 Å². The van der Waals surface area contributed by atoms with Gasteiger partial charge in [0.25, 0.3) is 0 Å². The minimum Gasteiger partial charge on any atom is -0.465 e. The topological polar surface area (TPSA) is 41.6 Å². The first kappa shape index (κ1) is 14.5. The van der Waals surface area contributed by atoms with E-state index in [0.717, 1.165) is 25.6 Å². The zero-order valence-corrected chi connectivity index (χ0v) is 11.5. The maximum atomic E-state index is 11.7. The van der Waals surface area contributed by atoms with Crippen LogP contribution in [0.25, 0.3) is 0 Å². The summed E-state index contributed by atoms with van der Waals surface area (Å²) in [4.78, 5) is 14.0. The summed E-state index contributed by atoms with van der Waals surface area (Å²) in [6.45, 7) is 9.81. The Hall–Kier alpha value is -0.610. The molecule has 0 saturated carbocycles. The third-order valence-electron chi connectivity index (χ3n) is 3.78. The fourth-order valence-corrected chi connectivity index (χ4v) is 2.30. The Labute approximate surface area is 105 Å². The van der Waals surface area contributed by atoms with E-state index in [0.29, 0.717) is 12.5 Å². The first-order chi connectivity index (χ1) is 8.08. The van der Waals surface area contributed by atoms with Crippen LogP contribution < -0.4 is 5.32 Å². The van der Waals surface area contributed by atoms with Crippen LogP contribution in [0.1, 0.15) is 27.2 Å². The van der Waals surface area contributed by atoms with Gasteiger partial charge in [-0.3, -0.25) is 4.79 Å². The van der Waals surface area contributed by atoms with Gasteiger partial charge in [-0.25, -0.2) is 0 Å². The van der Waals surface area contributed by atoms with Crippen LogP contribution in [0.15, 0.2) is 0 Å². The molecule has 100 valence electrons. The lowest BCUT2D eigenvalue weighted by atomic mass is 9.88. The smallest absolute Gasteiger partial charge is 0.324 e. The van der Waals surface area contributed by atoms with Gasteiger partial charge in [0.15, 0.2) is 0 Å². The van der Waals surface area contributed by atoms with Crippen molar-refractivity contribution < 1.29 is 9.53 Å². The van der Waals surface area contributed by atoms with Crippen LogP contribution in [0.4, 0.5) is 0 Å². The number of hydrogen-bond acceptors (Lipinski definition) is 4. The summed E-state index contributed by atoms with van der Waals surface area (Å²) < 4.78 is 5.06. The van der Waals surface area contributed by atoms with E-state index in [9.17, 15) is 4.79 Å². The zero-order chi connectivity index (χ0) is 12.8. The van der Waals surface area contributed by atoms with Crippen molar-refractivity contribution in [1.82, 2.24) is 10.2 Å². The molecule has 0 spiro atoms. The van der Waals surface area contributed by atoms with Gasteiger partial charge in [-0.15, -0.1) is 0 Å². The first-order valence-electron chi connectivity index (χ1n) is 6.64. The number of ether oxygens (including phenoxy) is 1. The first-order valence-corrected chi connectivity index (χ1v) is 6.64. The fourth-order valence-electron chi connectivity index (χ4n) is 2.30. The molecule has 1 N–H and O–H groups in total. The molecule has 17 heavy (non-hydrogen) atoms. The Morgan fingerprint density at radius 1 is 1.47 bits per heavy atom. The molecule has 0 aromatic rings. The number of nitrogens with zero attached hydrogens (tertiary/aromatic N) is 1. The molecule has 4 heteroatoms. The second-order valence-corrected chi connectivity index (χ2v) is 5.10. The predicted octanol–water partition coefficient (Wildman–Crippen LogP) is 1.12. The summed E-state index contributed by atoms with van der Waals surface area (Å²) in [5, 5.41) is 3.04. The highest BCUT2D eigenvalue weighted by Crippen LogP contribution is 2.22. The largest absolute Gasteiger partial charge is 0.465 e. The molecule has 1 aliphatic heterocycles. The molecule has 3 unspecified atom stereocenters. The van der Waals surface area contributed by atoms with E-state index >= 15 is 0 Å². The fraction of sp³-hybridized carbons (Fsp3) is 0.923. The third-order valence-corrected chi connectivity index (χ3v) is 3.78. The third kappa shape index (κ3) is 4.28. The average molecular weight is 242 g/mol. The van der Waals surface area contributed by atoms with E-state index in [1.165, 1.54) is 6.42 Å². The lowest BCUT2D eigenvalue weighted by molar-refractivity contribution is -0.146. The monoisotopic (exact) mass is 242 g/mol. The maximum Gasteiger partial charge on any atom is 0.324 e. The molecule has 0 aromatic heterocycles. The molecule has 1 heterocycles. The van der Waals surface area contributed by atoms with Crippen molar-refractivity contribution in [1.29, 1.82) is 0 Å². The highest BCUT2D eigenvalue weighted by atomic mass is 16.5. The highest BCUT2D eigenvalue weighted by Gasteiger charge is 2.27. The Bertz CT molecular complexity index is 246. The molecule has 0 amide bonds.